The van der Waals surface area contributed by atoms with Crippen LogP contribution >= 0.6 is 0 Å². The molecule has 40 heavy (non-hydrogen) atoms. The molecule has 2 N–H and O–H groups in total. The van der Waals surface area contributed by atoms with Gasteiger partial charge in [0.2, 0.25) is 5.91 Å². The third-order valence-corrected chi connectivity index (χ3v) is 7.27. The van der Waals surface area contributed by atoms with Gasteiger partial charge in [-0.15, -0.1) is 0 Å². The van der Waals surface area contributed by atoms with Gasteiger partial charge in [0.05, 0.1) is 22.9 Å². The zero-order chi connectivity index (χ0) is 28.1. The zero-order valence-electron chi connectivity index (χ0n) is 22.4. The number of carboxylic acids is 1. The number of benzene rings is 2. The Morgan fingerprint density at radius 2 is 1.88 bits per heavy atom. The predicted molar refractivity (Wildman–Crippen MR) is 153 cm³/mol. The minimum Gasteiger partial charge on any atom is -0.478 e. The van der Waals surface area contributed by atoms with E-state index in [0.29, 0.717) is 29.4 Å². The number of rotatable bonds is 9. The Balaban J connectivity index is 1.33. The average Bonchev–Trinajstić information content (AvgIpc) is 3.63. The maximum absolute atomic E-state index is 13.4. The normalized spacial score (nSPS) is 14.0. The third-order valence-electron chi connectivity index (χ3n) is 7.27. The first-order chi connectivity index (χ1) is 19.4. The molecule has 206 valence electrons. The van der Waals surface area contributed by atoms with Crippen molar-refractivity contribution in [3.8, 4) is 11.4 Å². The van der Waals surface area contributed by atoms with E-state index in [-0.39, 0.29) is 18.4 Å². The van der Waals surface area contributed by atoms with E-state index < -0.39 is 5.97 Å². The predicted octanol–water partition coefficient (Wildman–Crippen LogP) is 6.00. The molecule has 9 heteroatoms. The van der Waals surface area contributed by atoms with Crippen molar-refractivity contribution in [2.24, 2.45) is 0 Å². The summed E-state index contributed by atoms with van der Waals surface area (Å²) in [6.45, 7) is 2.09. The Labute approximate surface area is 232 Å². The lowest BCUT2D eigenvalue weighted by Crippen LogP contribution is -2.37. The summed E-state index contributed by atoms with van der Waals surface area (Å²) in [5, 5.41) is 11.6. The van der Waals surface area contributed by atoms with Crippen molar-refractivity contribution in [3.05, 3.63) is 78.3 Å². The summed E-state index contributed by atoms with van der Waals surface area (Å²) in [7, 11) is 0. The van der Waals surface area contributed by atoms with Crippen molar-refractivity contribution in [3.63, 3.8) is 0 Å². The number of likely N-dealkylation sites (N-methyl/N-ethyl adjacent to an activating group) is 1. The number of carbonyl (C=O) groups is 3. The lowest BCUT2D eigenvalue weighted by atomic mass is 9.95. The number of aromatic nitrogens is 2. The van der Waals surface area contributed by atoms with Gasteiger partial charge in [0.15, 0.2) is 0 Å². The minimum absolute atomic E-state index is 0.106. The fourth-order valence-corrected chi connectivity index (χ4v) is 5.26. The number of furan rings is 1. The number of anilines is 1. The van der Waals surface area contributed by atoms with Crippen molar-refractivity contribution in [1.82, 2.24) is 14.5 Å². The van der Waals surface area contributed by atoms with E-state index in [0.717, 1.165) is 41.3 Å². The maximum atomic E-state index is 13.4. The molecule has 2 heterocycles. The minimum atomic E-state index is -1.03. The molecule has 1 aliphatic rings. The molecule has 5 rings (SSSR count). The average molecular weight is 541 g/mol. The second kappa shape index (κ2) is 12.0. The van der Waals surface area contributed by atoms with E-state index in [1.54, 1.807) is 36.8 Å². The third kappa shape index (κ3) is 5.98. The molecule has 2 amide bonds. The number of fused-ring (bicyclic) bond motifs is 1. The smallest absolute Gasteiger partial charge is 0.328 e. The zero-order valence-corrected chi connectivity index (χ0v) is 22.4. The molecule has 0 spiro atoms. The first-order valence-corrected chi connectivity index (χ1v) is 13.6. The molecule has 1 fully saturated rings. The number of carbonyl (C=O) groups excluding carboxylic acids is 2. The number of imidazole rings is 1. The van der Waals surface area contributed by atoms with Crippen LogP contribution in [0.4, 0.5) is 5.69 Å². The van der Waals surface area contributed by atoms with Crippen LogP contribution in [0.15, 0.2) is 71.6 Å². The van der Waals surface area contributed by atoms with E-state index >= 15 is 0 Å². The monoisotopic (exact) mass is 540 g/mol. The van der Waals surface area contributed by atoms with E-state index in [1.165, 1.54) is 30.2 Å². The fraction of sp³-hybridized carbons (Fsp3) is 0.290. The first-order valence-electron chi connectivity index (χ1n) is 13.6. The number of nitrogens with zero attached hydrogens (tertiary/aromatic N) is 3. The van der Waals surface area contributed by atoms with Crippen molar-refractivity contribution < 1.29 is 23.9 Å². The highest BCUT2D eigenvalue weighted by Gasteiger charge is 2.24. The van der Waals surface area contributed by atoms with E-state index in [2.05, 4.69) is 9.88 Å². The molecule has 2 aromatic heterocycles. The molecule has 0 unspecified atom stereocenters. The van der Waals surface area contributed by atoms with Gasteiger partial charge in [-0.3, -0.25) is 9.59 Å². The van der Waals surface area contributed by atoms with Crippen LogP contribution in [0, 0.1) is 0 Å². The number of hydrogen-bond donors (Lipinski definition) is 2. The van der Waals surface area contributed by atoms with Gasteiger partial charge in [-0.1, -0.05) is 31.4 Å². The van der Waals surface area contributed by atoms with Crippen molar-refractivity contribution in [2.45, 2.75) is 45.1 Å². The van der Waals surface area contributed by atoms with Gasteiger partial charge < -0.3 is 24.3 Å². The second-order valence-electron chi connectivity index (χ2n) is 9.97. The van der Waals surface area contributed by atoms with Crippen LogP contribution in [0.1, 0.15) is 61.0 Å². The van der Waals surface area contributed by atoms with Crippen molar-refractivity contribution in [2.75, 3.05) is 18.4 Å². The quantitative estimate of drug-likeness (QED) is 0.252. The standard InChI is InChI=1S/C31H32N4O5/c1-2-34(19-28(36)32-24-12-8-21(9-13-24)10-15-29(37)38)31(39)22-11-14-27-26(18-22)33-30(23-16-17-40-20-23)35(27)25-6-4-3-5-7-25/h8-18,20,25H,2-7,19H2,1H3,(H,32,36)(H,37,38)/b15-10+. The number of hydrogen-bond acceptors (Lipinski definition) is 5. The maximum Gasteiger partial charge on any atom is 0.328 e. The van der Waals surface area contributed by atoms with Gasteiger partial charge in [0.1, 0.15) is 18.6 Å². The Bertz CT molecular complexity index is 1530. The highest BCUT2D eigenvalue weighted by molar-refractivity contribution is 6.01. The van der Waals surface area contributed by atoms with Crippen LogP contribution in [0.2, 0.25) is 0 Å². The van der Waals surface area contributed by atoms with E-state index in [9.17, 15) is 14.4 Å². The Morgan fingerprint density at radius 1 is 1.10 bits per heavy atom. The fourth-order valence-electron chi connectivity index (χ4n) is 5.26. The Hall–Kier alpha value is -4.66. The Morgan fingerprint density at radius 3 is 2.55 bits per heavy atom. The van der Waals surface area contributed by atoms with E-state index in [1.807, 2.05) is 31.2 Å². The van der Waals surface area contributed by atoms with Crippen LogP contribution in [0.25, 0.3) is 28.5 Å². The molecule has 0 atom stereocenters. The molecule has 9 nitrogen and oxygen atoms in total. The first kappa shape index (κ1) is 26.9. The Kier molecular flexibility index (Phi) is 8.10. The summed E-state index contributed by atoms with van der Waals surface area (Å²) >= 11 is 0. The summed E-state index contributed by atoms with van der Waals surface area (Å²) < 4.78 is 7.64. The number of amides is 2. The van der Waals surface area contributed by atoms with Gasteiger partial charge >= 0.3 is 5.97 Å². The molecule has 2 aromatic carbocycles. The SMILES string of the molecule is CCN(CC(=O)Nc1ccc(/C=C/C(=O)O)cc1)C(=O)c1ccc2c(c1)nc(-c1ccoc1)n2C1CCCCC1. The summed E-state index contributed by atoms with van der Waals surface area (Å²) in [6, 6.07) is 14.6. The van der Waals surface area contributed by atoms with Crippen LogP contribution in [0.3, 0.4) is 0 Å². The lowest BCUT2D eigenvalue weighted by molar-refractivity contribution is -0.131. The molecule has 0 bridgehead atoms. The lowest BCUT2D eigenvalue weighted by Gasteiger charge is -2.25. The van der Waals surface area contributed by atoms with Crippen LogP contribution in [-0.4, -0.2) is 50.4 Å². The van der Waals surface area contributed by atoms with Gasteiger partial charge in [-0.25, -0.2) is 9.78 Å². The molecule has 1 aliphatic carbocycles. The summed E-state index contributed by atoms with van der Waals surface area (Å²) in [5.41, 5.74) is 4.37. The van der Waals surface area contributed by atoms with Crippen molar-refractivity contribution in [1.29, 1.82) is 0 Å². The van der Waals surface area contributed by atoms with Crippen LogP contribution < -0.4 is 5.32 Å². The van der Waals surface area contributed by atoms with Crippen LogP contribution in [0.5, 0.6) is 0 Å². The van der Waals surface area contributed by atoms with Gasteiger partial charge in [0, 0.05) is 29.9 Å². The molecule has 0 saturated heterocycles. The number of carboxylic acid groups (broad SMARTS) is 1. The highest BCUT2D eigenvalue weighted by Crippen LogP contribution is 2.36. The molecular formula is C31H32N4O5. The van der Waals surface area contributed by atoms with Crippen LogP contribution in [-0.2, 0) is 9.59 Å². The van der Waals surface area contributed by atoms with Gasteiger partial charge in [0.25, 0.3) is 5.91 Å². The topological polar surface area (TPSA) is 118 Å². The van der Waals surface area contributed by atoms with E-state index in [4.69, 9.17) is 14.5 Å². The second-order valence-corrected chi connectivity index (χ2v) is 9.97. The largest absolute Gasteiger partial charge is 0.478 e. The molecule has 4 aromatic rings. The molecule has 0 aliphatic heterocycles. The van der Waals surface area contributed by atoms with Gasteiger partial charge in [-0.2, -0.15) is 0 Å². The summed E-state index contributed by atoms with van der Waals surface area (Å²) in [5.74, 6) is -0.756. The molecule has 0 radical (unpaired) electrons. The number of aliphatic carboxylic acids is 1. The molecular weight excluding hydrogens is 508 g/mol. The summed E-state index contributed by atoms with van der Waals surface area (Å²) in [4.78, 5) is 43.3. The highest BCUT2D eigenvalue weighted by atomic mass is 16.4. The van der Waals surface area contributed by atoms with Gasteiger partial charge in [-0.05, 0) is 67.8 Å². The summed E-state index contributed by atoms with van der Waals surface area (Å²) in [6.07, 6.45) is 11.7. The molecule has 1 saturated carbocycles. The van der Waals surface area contributed by atoms with Crippen molar-refractivity contribution >= 4 is 40.6 Å². The number of nitrogens with one attached hydrogen (secondary N) is 1.